The molecule has 4 rings (SSSR count). The fourth-order valence-electron chi connectivity index (χ4n) is 4.22. The zero-order valence-corrected chi connectivity index (χ0v) is 34.5. The van der Waals surface area contributed by atoms with Crippen molar-refractivity contribution in [2.45, 2.75) is 98.5 Å². The topological polar surface area (TPSA) is 103 Å². The lowest BCUT2D eigenvalue weighted by molar-refractivity contribution is -0.143. The highest BCUT2D eigenvalue weighted by atomic mass is 35.5. The first-order valence-corrected chi connectivity index (χ1v) is 20.2. The summed E-state index contributed by atoms with van der Waals surface area (Å²) >= 11 is 4.64. The second-order valence-corrected chi connectivity index (χ2v) is 17.5. The highest BCUT2D eigenvalue weighted by molar-refractivity contribution is 7.85. The average molecular weight is 838 g/mol. The van der Waals surface area contributed by atoms with Crippen molar-refractivity contribution in [1.82, 2.24) is 4.72 Å². The van der Waals surface area contributed by atoms with Gasteiger partial charge >= 0.3 is 5.97 Å². The van der Waals surface area contributed by atoms with Gasteiger partial charge in [-0.3, -0.25) is 4.79 Å². The van der Waals surface area contributed by atoms with Crippen LogP contribution in [-0.4, -0.2) is 43.1 Å². The molecular formula is C43H59ClF2N2O6S2. The quantitative estimate of drug-likeness (QED) is 0.0771. The van der Waals surface area contributed by atoms with Crippen LogP contribution in [0.4, 0.5) is 8.78 Å². The van der Waals surface area contributed by atoms with Crippen molar-refractivity contribution in [3.63, 3.8) is 0 Å². The minimum Gasteiger partial charge on any atom is -0.486 e. The van der Waals surface area contributed by atoms with Crippen LogP contribution in [0.25, 0.3) is 0 Å². The average Bonchev–Trinajstić information content (AvgIpc) is 3.14. The third-order valence-corrected chi connectivity index (χ3v) is 10.0. The number of hydrogen-bond donors (Lipinski definition) is 1. The van der Waals surface area contributed by atoms with Gasteiger partial charge < -0.3 is 14.2 Å². The molecule has 0 fully saturated rings. The first-order valence-electron chi connectivity index (χ1n) is 17.2. The molecular weight excluding hydrogens is 778 g/mol. The molecule has 0 aliphatic carbocycles. The monoisotopic (exact) mass is 836 g/mol. The van der Waals surface area contributed by atoms with Gasteiger partial charge in [0.15, 0.2) is 23.1 Å². The second kappa shape index (κ2) is 26.0. The number of benzene rings is 4. The van der Waals surface area contributed by atoms with Gasteiger partial charge in [0.2, 0.25) is 0 Å². The summed E-state index contributed by atoms with van der Waals surface area (Å²) in [4.78, 5) is 12.0. The van der Waals surface area contributed by atoms with Crippen molar-refractivity contribution in [3.8, 4) is 11.5 Å². The van der Waals surface area contributed by atoms with Gasteiger partial charge in [0.1, 0.15) is 24.2 Å². The van der Waals surface area contributed by atoms with Crippen molar-refractivity contribution in [2.75, 3.05) is 13.0 Å². The third-order valence-electron chi connectivity index (χ3n) is 7.09. The first kappa shape index (κ1) is 52.0. The molecule has 1 N–H and O–H groups in total. The number of rotatable bonds is 14. The molecule has 4 aromatic rings. The maximum Gasteiger partial charge on any atom is 0.307 e. The van der Waals surface area contributed by atoms with Gasteiger partial charge in [-0.05, 0) is 101 Å². The van der Waals surface area contributed by atoms with Gasteiger partial charge in [-0.2, -0.15) is 4.40 Å². The van der Waals surface area contributed by atoms with Gasteiger partial charge in [-0.1, -0.05) is 81.6 Å². The molecule has 13 heteroatoms. The molecule has 0 amide bonds. The van der Waals surface area contributed by atoms with E-state index in [0.717, 1.165) is 11.1 Å². The summed E-state index contributed by atoms with van der Waals surface area (Å²) in [6.45, 7) is 13.5. The van der Waals surface area contributed by atoms with E-state index in [0.29, 0.717) is 17.7 Å². The lowest BCUT2D eigenvalue weighted by Gasteiger charge is -2.24. The van der Waals surface area contributed by atoms with Gasteiger partial charge in [0.05, 0.1) is 39.5 Å². The molecule has 310 valence electrons. The number of nitrogens with one attached hydrogen (secondary N) is 1. The first-order chi connectivity index (χ1) is 25.6. The van der Waals surface area contributed by atoms with E-state index < -0.39 is 55.1 Å². The Morgan fingerprint density at radius 3 is 1.68 bits per heavy atom. The maximum absolute atomic E-state index is 14.6. The predicted molar refractivity (Wildman–Crippen MR) is 230 cm³/mol. The Morgan fingerprint density at radius 1 is 0.768 bits per heavy atom. The molecule has 0 aromatic heterocycles. The summed E-state index contributed by atoms with van der Waals surface area (Å²) in [6.07, 6.45) is 2.84. The van der Waals surface area contributed by atoms with Crippen LogP contribution in [0.1, 0.15) is 98.0 Å². The number of esters is 1. The zero-order chi connectivity index (χ0) is 40.3. The van der Waals surface area contributed by atoms with Crippen LogP contribution < -0.4 is 14.2 Å². The van der Waals surface area contributed by atoms with Gasteiger partial charge in [0.25, 0.3) is 0 Å². The summed E-state index contributed by atoms with van der Waals surface area (Å²) in [5.74, 6) is -1.16. The normalized spacial score (nSPS) is 12.6. The summed E-state index contributed by atoms with van der Waals surface area (Å²) < 4.78 is 75.0. The van der Waals surface area contributed by atoms with E-state index in [1.807, 2.05) is 102 Å². The van der Waals surface area contributed by atoms with Gasteiger partial charge in [-0.25, -0.2) is 21.9 Å². The molecule has 0 saturated carbocycles. The number of carbonyl (C=O) groups excluding carboxylic acids is 1. The largest absolute Gasteiger partial charge is 0.486 e. The Hall–Kier alpha value is -3.97. The smallest absolute Gasteiger partial charge is 0.307 e. The van der Waals surface area contributed by atoms with Gasteiger partial charge in [-0.15, -0.1) is 11.6 Å². The predicted octanol–water partition coefficient (Wildman–Crippen LogP) is 10.9. The van der Waals surface area contributed by atoms with Crippen LogP contribution in [0, 0.1) is 11.6 Å². The lowest BCUT2D eigenvalue weighted by Crippen LogP contribution is -2.36. The molecule has 3 atom stereocenters. The van der Waals surface area contributed by atoms with Crippen LogP contribution >= 0.6 is 11.6 Å². The molecule has 0 saturated heterocycles. The summed E-state index contributed by atoms with van der Waals surface area (Å²) in [6, 6.07) is 27.4. The number of hydrogen-bond acceptors (Lipinski definition) is 6. The molecule has 56 heavy (non-hydrogen) atoms. The van der Waals surface area contributed by atoms with Crippen molar-refractivity contribution in [1.29, 1.82) is 0 Å². The lowest BCUT2D eigenvalue weighted by atomic mass is 10.0. The van der Waals surface area contributed by atoms with Crippen molar-refractivity contribution in [3.05, 3.63) is 131 Å². The summed E-state index contributed by atoms with van der Waals surface area (Å²) in [7, 11) is -2.80. The molecule has 0 unspecified atom stereocenters. The van der Waals surface area contributed by atoms with E-state index in [4.69, 9.17) is 14.2 Å². The molecule has 0 bridgehead atoms. The molecule has 0 aliphatic heterocycles. The fraction of sp³-hybridized carbons (Fsp3) is 0.395. The Morgan fingerprint density at radius 2 is 1.25 bits per heavy atom. The minimum absolute atomic E-state index is 0. The van der Waals surface area contributed by atoms with E-state index in [1.54, 1.807) is 25.1 Å². The molecule has 0 spiro atoms. The maximum atomic E-state index is 14.6. The van der Waals surface area contributed by atoms with Crippen LogP contribution in [0.2, 0.25) is 0 Å². The van der Waals surface area contributed by atoms with E-state index in [1.165, 1.54) is 30.8 Å². The fourth-order valence-corrected chi connectivity index (χ4v) is 5.59. The Bertz CT molecular complexity index is 1820. The van der Waals surface area contributed by atoms with E-state index in [2.05, 4.69) is 20.7 Å². The van der Waals surface area contributed by atoms with Crippen LogP contribution in [-0.2, 0) is 44.7 Å². The highest BCUT2D eigenvalue weighted by Crippen LogP contribution is 2.27. The molecule has 0 radical (unpaired) electrons. The van der Waals surface area contributed by atoms with Crippen LogP contribution in [0.15, 0.2) is 101 Å². The molecule has 0 aliphatic rings. The van der Waals surface area contributed by atoms with E-state index in [9.17, 15) is 22.0 Å². The van der Waals surface area contributed by atoms with E-state index >= 15 is 0 Å². The third kappa shape index (κ3) is 18.8. The Labute approximate surface area is 343 Å². The Kier molecular flexibility index (Phi) is 24.2. The zero-order valence-electron chi connectivity index (χ0n) is 32.1. The second-order valence-electron chi connectivity index (χ2n) is 13.6. The highest BCUT2D eigenvalue weighted by Gasteiger charge is 2.26. The number of halogens is 3. The number of nitrogens with zero attached hydrogens (tertiary/aromatic N) is 1. The minimum atomic E-state index is -1.44. The van der Waals surface area contributed by atoms with Crippen molar-refractivity contribution < 1.29 is 36.2 Å². The summed E-state index contributed by atoms with van der Waals surface area (Å²) in [5, 5.41) is 0. The summed E-state index contributed by atoms with van der Waals surface area (Å²) in [5.41, 5.74) is 2.95. The van der Waals surface area contributed by atoms with Gasteiger partial charge in [0, 0.05) is 12.6 Å². The number of ether oxygens (including phenoxy) is 3. The van der Waals surface area contributed by atoms with Crippen molar-refractivity contribution in [2.24, 2.45) is 4.40 Å². The Balaban J connectivity index is 0.00000102. The SMILES string of the molecule is C.C.CC(C)(C)[S@@](=O)N=Cc1ccc(OCc2ccccc2)c(F)c1.CCOC(=O)C[C@H](N[S@](=O)C(C)(C)C)c1ccc(OCc2ccccc2)c(F)c1.CCl. The number of alkyl halides is 1. The standard InChI is InChI=1S/C22H28FNO4S.C18H20FNO2S.CH3Cl.2CH4/c1-5-27-21(25)14-19(24-29(26)22(2,3)4)17-11-12-20(18(23)13-17)28-15-16-9-7-6-8-10-16;1-18(2,3)23(21)20-12-15-9-10-17(16(19)11-15)22-13-14-7-5-4-6-8-14;1-2;;/h6-13,19,24H,5,14-15H2,1-4H3;4-12H,13H2,1-3H3;1H3;2*1H4/t19-,29+;23-;;;/m01.../s1. The molecule has 0 heterocycles. The van der Waals surface area contributed by atoms with Crippen LogP contribution in [0.5, 0.6) is 11.5 Å². The molecule has 8 nitrogen and oxygen atoms in total. The molecule has 4 aromatic carbocycles. The number of carbonyl (C=O) groups is 1. The van der Waals surface area contributed by atoms with E-state index in [-0.39, 0.29) is 46.0 Å². The van der Waals surface area contributed by atoms with Crippen LogP contribution in [0.3, 0.4) is 0 Å². The van der Waals surface area contributed by atoms with Crippen molar-refractivity contribution >= 4 is 45.8 Å².